The van der Waals surface area contributed by atoms with Gasteiger partial charge in [-0.2, -0.15) is 4.57 Å². The van der Waals surface area contributed by atoms with Crippen molar-refractivity contribution in [3.63, 3.8) is 0 Å². The van der Waals surface area contributed by atoms with Gasteiger partial charge in [0, 0.05) is 17.7 Å². The van der Waals surface area contributed by atoms with Gasteiger partial charge in [0.15, 0.2) is 6.20 Å². The topological polar surface area (TPSA) is 20.9 Å². The van der Waals surface area contributed by atoms with E-state index < -0.39 is 0 Å². The van der Waals surface area contributed by atoms with Crippen LogP contribution >= 0.6 is 0 Å². The van der Waals surface area contributed by atoms with Gasteiger partial charge in [0.25, 0.3) is 0 Å². The van der Waals surface area contributed by atoms with Crippen molar-refractivity contribution < 1.29 is 26.3 Å². The highest BCUT2D eigenvalue weighted by atomic mass is 79.9. The van der Waals surface area contributed by atoms with Crippen molar-refractivity contribution in [2.45, 2.75) is 6.54 Å². The Morgan fingerprint density at radius 1 is 0.633 bits per heavy atom. The fraction of sp³-hybridized carbons (Fsp3) is 0.0370. The van der Waals surface area contributed by atoms with E-state index in [1.807, 2.05) is 65.4 Å². The van der Waals surface area contributed by atoms with E-state index in [1.54, 1.807) is 0 Å². The molecule has 30 heavy (non-hydrogen) atoms. The third kappa shape index (κ3) is 3.77. The Balaban J connectivity index is 0.00000218. The molecule has 0 saturated heterocycles. The van der Waals surface area contributed by atoms with Crippen molar-refractivity contribution in [1.82, 2.24) is 0 Å². The minimum Gasteiger partial charge on any atom is -1.00 e. The highest BCUT2D eigenvalue weighted by molar-refractivity contribution is 6.05. The lowest BCUT2D eigenvalue weighted by Crippen LogP contribution is -3.00. The van der Waals surface area contributed by atoms with Crippen molar-refractivity contribution in [2.75, 3.05) is 0 Å². The molecule has 0 amide bonds. The third-order valence-corrected chi connectivity index (χ3v) is 5.41. The Bertz CT molecular complexity index is 1330. The molecule has 1 aromatic heterocycles. The number of benzene rings is 4. The summed E-state index contributed by atoms with van der Waals surface area (Å²) in [7, 11) is 0. The second-order valence-electron chi connectivity index (χ2n) is 7.22. The molecule has 1 heterocycles. The Kier molecular flexibility index (Phi) is 5.73. The predicted octanol–water partition coefficient (Wildman–Crippen LogP) is 2.83. The largest absolute Gasteiger partial charge is 1.00 e. The number of rotatable bonds is 4. The van der Waals surface area contributed by atoms with Crippen molar-refractivity contribution in [3.05, 3.63) is 115 Å². The summed E-state index contributed by atoms with van der Waals surface area (Å²) in [6.45, 7) is 0.320. The molecule has 0 aliphatic rings. The number of carbonyl (C=O) groups excluding carboxylic acids is 1. The maximum absolute atomic E-state index is 12.9. The van der Waals surface area contributed by atoms with Gasteiger partial charge < -0.3 is 17.0 Å². The van der Waals surface area contributed by atoms with Crippen LogP contribution in [0.5, 0.6) is 0 Å². The van der Waals surface area contributed by atoms with Gasteiger partial charge in [0.1, 0.15) is 0 Å². The van der Waals surface area contributed by atoms with Crippen LogP contribution in [-0.4, -0.2) is 5.78 Å². The van der Waals surface area contributed by atoms with Crippen LogP contribution in [0.15, 0.2) is 109 Å². The molecule has 0 atom stereocenters. The Morgan fingerprint density at radius 3 is 2.10 bits per heavy atom. The van der Waals surface area contributed by atoms with E-state index in [2.05, 4.69) is 48.5 Å². The molecule has 0 unspecified atom stereocenters. The number of nitrogens with zero attached hydrogens (tertiary/aromatic N) is 1. The number of fused-ring (bicyclic) bond motifs is 3. The second kappa shape index (κ2) is 8.60. The zero-order valence-corrected chi connectivity index (χ0v) is 17.9. The molecule has 3 heteroatoms. The van der Waals surface area contributed by atoms with Gasteiger partial charge >= 0.3 is 0 Å². The van der Waals surface area contributed by atoms with Gasteiger partial charge in [-0.1, -0.05) is 78.9 Å². The lowest BCUT2D eigenvalue weighted by atomic mass is 10.0. The lowest BCUT2D eigenvalue weighted by molar-refractivity contribution is -0.657. The number of ketones is 1. The monoisotopic (exact) mass is 453 g/mol. The van der Waals surface area contributed by atoms with E-state index >= 15 is 0 Å². The smallest absolute Gasteiger partial charge is 0.227 e. The first-order chi connectivity index (χ1) is 14.3. The maximum atomic E-state index is 12.9. The molecule has 0 saturated carbocycles. The summed E-state index contributed by atoms with van der Waals surface area (Å²) in [5, 5.41) is 3.58. The molecule has 0 N–H and O–H groups in total. The number of aromatic nitrogens is 1. The SMILES string of the molecule is O=C(C[n+]1cccc2c3ccccc3ccc21)c1ccc(-c2ccccc2)cc1.[Br-]. The highest BCUT2D eigenvalue weighted by Gasteiger charge is 2.16. The quantitative estimate of drug-likeness (QED) is 0.233. The zero-order chi connectivity index (χ0) is 19.6. The zero-order valence-electron chi connectivity index (χ0n) is 16.3. The molecule has 0 fully saturated rings. The van der Waals surface area contributed by atoms with Crippen LogP contribution in [0.25, 0.3) is 32.8 Å². The molecule has 146 valence electrons. The fourth-order valence-corrected chi connectivity index (χ4v) is 3.90. The Morgan fingerprint density at radius 2 is 1.30 bits per heavy atom. The van der Waals surface area contributed by atoms with Crippen molar-refractivity contribution >= 4 is 27.5 Å². The van der Waals surface area contributed by atoms with E-state index in [4.69, 9.17) is 0 Å². The van der Waals surface area contributed by atoms with Gasteiger partial charge in [-0.05, 0) is 34.0 Å². The normalized spacial score (nSPS) is 10.7. The molecular formula is C27H20BrNO. The molecule has 0 aliphatic heterocycles. The van der Waals surface area contributed by atoms with E-state index in [0.29, 0.717) is 6.54 Å². The van der Waals surface area contributed by atoms with Gasteiger partial charge in [-0.3, -0.25) is 4.79 Å². The molecule has 0 aliphatic carbocycles. The average Bonchev–Trinajstić information content (AvgIpc) is 2.80. The molecule has 4 aromatic carbocycles. The first-order valence-electron chi connectivity index (χ1n) is 9.78. The van der Waals surface area contributed by atoms with Gasteiger partial charge in [-0.15, -0.1) is 0 Å². The number of hydrogen-bond acceptors (Lipinski definition) is 1. The maximum Gasteiger partial charge on any atom is 0.227 e. The number of halogens is 1. The highest BCUT2D eigenvalue weighted by Crippen LogP contribution is 2.23. The lowest BCUT2D eigenvalue weighted by Gasteiger charge is -2.06. The summed E-state index contributed by atoms with van der Waals surface area (Å²) in [6, 6.07) is 34.8. The number of pyridine rings is 1. The van der Waals surface area contributed by atoms with Crippen LogP contribution in [0.4, 0.5) is 0 Å². The van der Waals surface area contributed by atoms with Crippen molar-refractivity contribution in [3.8, 4) is 11.1 Å². The summed E-state index contributed by atoms with van der Waals surface area (Å²) in [4.78, 5) is 12.9. The Hall–Kier alpha value is -3.30. The van der Waals surface area contributed by atoms with Crippen LogP contribution in [0, 0.1) is 0 Å². The molecule has 5 aromatic rings. The first kappa shape index (κ1) is 20.0. The molecule has 0 bridgehead atoms. The third-order valence-electron chi connectivity index (χ3n) is 5.41. The van der Waals surface area contributed by atoms with Gasteiger partial charge in [-0.25, -0.2) is 0 Å². The summed E-state index contributed by atoms with van der Waals surface area (Å²) in [5.41, 5.74) is 4.07. The van der Waals surface area contributed by atoms with Crippen LogP contribution in [0.1, 0.15) is 10.4 Å². The first-order valence-corrected chi connectivity index (χ1v) is 9.78. The minimum absolute atomic E-state index is 0. The second-order valence-corrected chi connectivity index (χ2v) is 7.22. The van der Waals surface area contributed by atoms with Crippen LogP contribution in [0.2, 0.25) is 0 Å². The van der Waals surface area contributed by atoms with E-state index in [1.165, 1.54) is 10.8 Å². The number of carbonyl (C=O) groups is 1. The molecule has 5 rings (SSSR count). The van der Waals surface area contributed by atoms with Crippen LogP contribution in [0.3, 0.4) is 0 Å². The fourth-order valence-electron chi connectivity index (χ4n) is 3.90. The van der Waals surface area contributed by atoms with Crippen molar-refractivity contribution in [1.29, 1.82) is 0 Å². The van der Waals surface area contributed by atoms with Crippen molar-refractivity contribution in [2.24, 2.45) is 0 Å². The van der Waals surface area contributed by atoms with Gasteiger partial charge in [0.05, 0.1) is 5.39 Å². The van der Waals surface area contributed by atoms with E-state index in [-0.39, 0.29) is 22.8 Å². The molecular weight excluding hydrogens is 434 g/mol. The van der Waals surface area contributed by atoms with Crippen LogP contribution < -0.4 is 21.5 Å². The average molecular weight is 454 g/mol. The molecule has 0 spiro atoms. The summed E-state index contributed by atoms with van der Waals surface area (Å²) < 4.78 is 2.04. The Labute approximate surface area is 186 Å². The standard InChI is InChI=1S/C27H20NO.BrH/c29-27(23-14-12-21(13-15-23)20-7-2-1-3-8-20)19-28-18-6-11-25-24-10-5-4-9-22(24)16-17-26(25)28;/h1-18H,19H2;1H/q+1;/p-1. The van der Waals surface area contributed by atoms with E-state index in [0.717, 1.165) is 27.6 Å². The molecule has 0 radical (unpaired) electrons. The summed E-state index contributed by atoms with van der Waals surface area (Å²) in [6.07, 6.45) is 1.98. The predicted molar refractivity (Wildman–Crippen MR) is 118 cm³/mol. The molecule has 2 nitrogen and oxygen atoms in total. The summed E-state index contributed by atoms with van der Waals surface area (Å²) in [5.74, 6) is 0.107. The minimum atomic E-state index is 0. The van der Waals surface area contributed by atoms with E-state index in [9.17, 15) is 4.79 Å². The number of Topliss-reactive ketones (excluding diaryl/α,β-unsaturated/α-hetero) is 1. The van der Waals surface area contributed by atoms with Gasteiger partial charge in [0.2, 0.25) is 17.8 Å². The van der Waals surface area contributed by atoms with Crippen LogP contribution in [-0.2, 0) is 6.54 Å². The number of hydrogen-bond donors (Lipinski definition) is 0. The summed E-state index contributed by atoms with van der Waals surface area (Å²) >= 11 is 0.